The molecule has 2 amide bonds. The van der Waals surface area contributed by atoms with Crippen molar-refractivity contribution in [3.63, 3.8) is 0 Å². The van der Waals surface area contributed by atoms with Crippen molar-refractivity contribution in [3.8, 4) is 0 Å². The number of para-hydroxylation sites is 2. The predicted molar refractivity (Wildman–Crippen MR) is 129 cm³/mol. The van der Waals surface area contributed by atoms with Gasteiger partial charge in [0.05, 0.1) is 15.9 Å². The molecule has 0 aliphatic heterocycles. The fraction of sp³-hybridized carbons (Fsp3) is 0.125. The summed E-state index contributed by atoms with van der Waals surface area (Å²) < 4.78 is 1.93. The molecule has 0 saturated heterocycles. The van der Waals surface area contributed by atoms with Crippen LogP contribution in [-0.4, -0.2) is 23.3 Å². The number of hydrogen-bond donors (Lipinski definition) is 1. The van der Waals surface area contributed by atoms with E-state index in [0.717, 1.165) is 25.9 Å². The monoisotopic (exact) mass is 493 g/mol. The molecule has 4 aromatic rings. The number of aryl methyl sites for hydroxylation is 1. The van der Waals surface area contributed by atoms with E-state index < -0.39 is 0 Å². The molecule has 0 saturated carbocycles. The highest BCUT2D eigenvalue weighted by atomic mass is 79.9. The molecule has 0 atom stereocenters. The van der Waals surface area contributed by atoms with Gasteiger partial charge in [-0.15, -0.1) is 0 Å². The van der Waals surface area contributed by atoms with Crippen molar-refractivity contribution in [2.75, 3.05) is 11.4 Å². The number of thiazole rings is 1. The molecule has 7 heteroatoms. The minimum atomic E-state index is -0.206. The third kappa shape index (κ3) is 4.84. The van der Waals surface area contributed by atoms with Gasteiger partial charge in [-0.05, 0) is 55.0 Å². The lowest BCUT2D eigenvalue weighted by molar-refractivity contribution is -0.117. The van der Waals surface area contributed by atoms with Gasteiger partial charge in [0.2, 0.25) is 5.91 Å². The summed E-state index contributed by atoms with van der Waals surface area (Å²) in [7, 11) is 0. The van der Waals surface area contributed by atoms with Crippen LogP contribution in [0.4, 0.5) is 10.8 Å². The molecule has 0 unspecified atom stereocenters. The number of aromatic nitrogens is 1. The van der Waals surface area contributed by atoms with Gasteiger partial charge in [-0.2, -0.15) is 0 Å². The van der Waals surface area contributed by atoms with Gasteiger partial charge in [0, 0.05) is 23.0 Å². The van der Waals surface area contributed by atoms with Crippen LogP contribution in [0.1, 0.15) is 22.3 Å². The average Bonchev–Trinajstić information content (AvgIpc) is 3.19. The van der Waals surface area contributed by atoms with Crippen LogP contribution in [0.25, 0.3) is 10.2 Å². The highest BCUT2D eigenvalue weighted by molar-refractivity contribution is 9.10. The first-order valence-corrected chi connectivity index (χ1v) is 11.4. The van der Waals surface area contributed by atoms with Crippen molar-refractivity contribution in [2.45, 2.75) is 13.3 Å². The first kappa shape index (κ1) is 21.2. The Morgan fingerprint density at radius 3 is 2.45 bits per heavy atom. The van der Waals surface area contributed by atoms with Gasteiger partial charge in [-0.1, -0.05) is 57.6 Å². The molecule has 0 aliphatic rings. The maximum atomic E-state index is 13.3. The summed E-state index contributed by atoms with van der Waals surface area (Å²) in [5.41, 5.74) is 3.19. The van der Waals surface area contributed by atoms with E-state index in [4.69, 9.17) is 0 Å². The topological polar surface area (TPSA) is 62.3 Å². The number of nitrogens with zero attached hydrogens (tertiary/aromatic N) is 2. The zero-order chi connectivity index (χ0) is 21.8. The van der Waals surface area contributed by atoms with Gasteiger partial charge >= 0.3 is 0 Å². The van der Waals surface area contributed by atoms with Crippen molar-refractivity contribution < 1.29 is 9.59 Å². The molecule has 0 radical (unpaired) electrons. The van der Waals surface area contributed by atoms with E-state index in [1.165, 1.54) is 11.3 Å². The van der Waals surface area contributed by atoms with Crippen LogP contribution in [0.5, 0.6) is 0 Å². The normalized spacial score (nSPS) is 10.8. The Hall–Kier alpha value is -3.03. The Morgan fingerprint density at radius 2 is 1.71 bits per heavy atom. The number of amides is 2. The molecule has 3 aromatic carbocycles. The Balaban J connectivity index is 1.54. The van der Waals surface area contributed by atoms with E-state index in [9.17, 15) is 9.59 Å². The van der Waals surface area contributed by atoms with Crippen molar-refractivity contribution in [1.82, 2.24) is 10.3 Å². The number of anilines is 2. The lowest BCUT2D eigenvalue weighted by Crippen LogP contribution is -2.32. The highest BCUT2D eigenvalue weighted by Gasteiger charge is 2.23. The lowest BCUT2D eigenvalue weighted by atomic mass is 10.1. The van der Waals surface area contributed by atoms with E-state index in [1.54, 1.807) is 17.0 Å². The van der Waals surface area contributed by atoms with Crippen LogP contribution in [0.2, 0.25) is 0 Å². The molecule has 0 aliphatic carbocycles. The van der Waals surface area contributed by atoms with Crippen LogP contribution in [0, 0.1) is 6.92 Å². The fourth-order valence-corrected chi connectivity index (χ4v) is 4.47. The minimum Gasteiger partial charge on any atom is -0.352 e. The Morgan fingerprint density at radius 1 is 1.00 bits per heavy atom. The molecule has 1 heterocycles. The average molecular weight is 494 g/mol. The molecule has 5 nitrogen and oxygen atoms in total. The van der Waals surface area contributed by atoms with Crippen molar-refractivity contribution in [2.24, 2.45) is 0 Å². The largest absolute Gasteiger partial charge is 0.352 e. The first-order chi connectivity index (χ1) is 15.0. The molecular weight excluding hydrogens is 474 g/mol. The van der Waals surface area contributed by atoms with Crippen molar-refractivity contribution in [3.05, 3.63) is 88.4 Å². The van der Waals surface area contributed by atoms with Crippen LogP contribution in [0.15, 0.2) is 77.3 Å². The Bertz CT molecular complexity index is 1200. The maximum Gasteiger partial charge on any atom is 0.251 e. The van der Waals surface area contributed by atoms with Crippen LogP contribution < -0.4 is 10.2 Å². The summed E-state index contributed by atoms with van der Waals surface area (Å²) >= 11 is 4.84. The van der Waals surface area contributed by atoms with E-state index >= 15 is 0 Å². The number of benzene rings is 3. The summed E-state index contributed by atoms with van der Waals surface area (Å²) in [5, 5.41) is 3.45. The number of halogens is 1. The molecule has 0 spiro atoms. The number of rotatable bonds is 6. The summed E-state index contributed by atoms with van der Waals surface area (Å²) in [6.07, 6.45) is 0.159. The summed E-state index contributed by atoms with van der Waals surface area (Å²) in [5.74, 6) is -0.327. The van der Waals surface area contributed by atoms with E-state index in [-0.39, 0.29) is 24.8 Å². The van der Waals surface area contributed by atoms with Crippen molar-refractivity contribution in [1.29, 1.82) is 0 Å². The maximum absolute atomic E-state index is 13.3. The summed E-state index contributed by atoms with van der Waals surface area (Å²) in [6, 6.07) is 22.7. The first-order valence-electron chi connectivity index (χ1n) is 9.81. The van der Waals surface area contributed by atoms with Gasteiger partial charge in [0.15, 0.2) is 5.13 Å². The highest BCUT2D eigenvalue weighted by Crippen LogP contribution is 2.35. The van der Waals surface area contributed by atoms with Crippen molar-refractivity contribution >= 4 is 60.1 Å². The number of fused-ring (bicyclic) bond motifs is 1. The van der Waals surface area contributed by atoms with Crippen LogP contribution in [0.3, 0.4) is 0 Å². The zero-order valence-corrected chi connectivity index (χ0v) is 19.2. The molecule has 0 bridgehead atoms. The lowest BCUT2D eigenvalue weighted by Gasteiger charge is -2.22. The molecule has 31 heavy (non-hydrogen) atoms. The predicted octanol–water partition coefficient (Wildman–Crippen LogP) is 5.85. The number of carbonyl (C=O) groups excluding carboxylic acids is 2. The Kier molecular flexibility index (Phi) is 6.44. The second kappa shape index (κ2) is 9.41. The van der Waals surface area contributed by atoms with Gasteiger partial charge in [0.25, 0.3) is 5.91 Å². The summed E-state index contributed by atoms with van der Waals surface area (Å²) in [6.45, 7) is 2.21. The van der Waals surface area contributed by atoms with Gasteiger partial charge in [-0.25, -0.2) is 4.98 Å². The van der Waals surface area contributed by atoms with Gasteiger partial charge < -0.3 is 5.32 Å². The second-order valence-electron chi connectivity index (χ2n) is 6.99. The molecule has 0 fully saturated rings. The SMILES string of the molecule is Cc1ccccc1N(C(=O)CCNC(=O)c1ccc(Br)cc1)c1nc2ccccc2s1. The number of nitrogens with one attached hydrogen (secondary N) is 1. The molecular formula is C24H20BrN3O2S. The third-order valence-electron chi connectivity index (χ3n) is 4.81. The Labute approximate surface area is 192 Å². The smallest absolute Gasteiger partial charge is 0.251 e. The van der Waals surface area contributed by atoms with E-state index in [2.05, 4.69) is 26.2 Å². The van der Waals surface area contributed by atoms with Gasteiger partial charge in [-0.3, -0.25) is 14.5 Å². The quantitative estimate of drug-likeness (QED) is 0.366. The fourth-order valence-electron chi connectivity index (χ4n) is 3.21. The standard InChI is InChI=1S/C24H20BrN3O2S/c1-16-6-2-4-8-20(16)28(24-27-19-7-3-5-9-21(19)31-24)22(29)14-15-26-23(30)17-10-12-18(25)13-11-17/h2-13H,14-15H2,1H3,(H,26,30). The van der Waals surface area contributed by atoms with Crippen LogP contribution in [-0.2, 0) is 4.79 Å². The number of hydrogen-bond acceptors (Lipinski definition) is 4. The van der Waals surface area contributed by atoms with Gasteiger partial charge in [0.1, 0.15) is 0 Å². The molecule has 156 valence electrons. The molecule has 1 N–H and O–H groups in total. The summed E-state index contributed by atoms with van der Waals surface area (Å²) in [4.78, 5) is 32.0. The zero-order valence-electron chi connectivity index (χ0n) is 16.8. The van der Waals surface area contributed by atoms with E-state index in [0.29, 0.717) is 10.7 Å². The second-order valence-corrected chi connectivity index (χ2v) is 8.92. The molecule has 4 rings (SSSR count). The molecule has 1 aromatic heterocycles. The third-order valence-corrected chi connectivity index (χ3v) is 6.36. The minimum absolute atomic E-state index is 0.121. The number of carbonyl (C=O) groups is 2. The van der Waals surface area contributed by atoms with E-state index in [1.807, 2.05) is 67.6 Å². The van der Waals surface area contributed by atoms with Crippen LogP contribution >= 0.6 is 27.3 Å².